The van der Waals surface area contributed by atoms with Gasteiger partial charge in [0.1, 0.15) is 0 Å². The molecule has 0 saturated carbocycles. The summed E-state index contributed by atoms with van der Waals surface area (Å²) in [6, 6.07) is 31.4. The lowest BCUT2D eigenvalue weighted by atomic mass is 10.1. The smallest absolute Gasteiger partial charge is 0.0491 e. The van der Waals surface area contributed by atoms with E-state index < -0.39 is 0 Å². The fraction of sp³-hybridized carbons (Fsp3) is 0.200. The Labute approximate surface area is 188 Å². The van der Waals surface area contributed by atoms with E-state index in [0.717, 1.165) is 25.9 Å². The van der Waals surface area contributed by atoms with Gasteiger partial charge in [0.2, 0.25) is 0 Å². The molecule has 0 aliphatic heterocycles. The molecule has 0 atom stereocenters. The quantitative estimate of drug-likeness (QED) is 0.252. The van der Waals surface area contributed by atoms with Crippen LogP contribution in [0.2, 0.25) is 0 Å². The second-order valence-electron chi connectivity index (χ2n) is 9.09. The van der Waals surface area contributed by atoms with E-state index in [1.54, 1.807) is 0 Å². The number of unbranched alkanes of at least 4 members (excludes halogenated alkanes) is 1. The van der Waals surface area contributed by atoms with Crippen molar-refractivity contribution in [2.75, 3.05) is 0 Å². The highest BCUT2D eigenvalue weighted by Gasteiger charge is 2.12. The number of hydrogen-bond donors (Lipinski definition) is 0. The summed E-state index contributed by atoms with van der Waals surface area (Å²) in [5.41, 5.74) is 8.04. The highest BCUT2D eigenvalue weighted by molar-refractivity contribution is 6.09. The molecule has 2 nitrogen and oxygen atoms in total. The predicted octanol–water partition coefficient (Wildman–Crippen LogP) is 8.00. The van der Waals surface area contributed by atoms with E-state index >= 15 is 0 Å². The van der Waals surface area contributed by atoms with E-state index in [2.05, 4.69) is 108 Å². The lowest BCUT2D eigenvalue weighted by molar-refractivity contribution is 0.583. The fourth-order valence-corrected chi connectivity index (χ4v) is 5.36. The molecule has 0 spiro atoms. The second kappa shape index (κ2) is 7.56. The normalized spacial score (nSPS) is 11.9. The molecule has 0 aliphatic rings. The van der Waals surface area contributed by atoms with E-state index in [0.29, 0.717) is 0 Å². The molecule has 0 bridgehead atoms. The molecule has 2 heterocycles. The molecule has 4 aromatic carbocycles. The molecule has 0 N–H and O–H groups in total. The minimum absolute atomic E-state index is 1.04. The summed E-state index contributed by atoms with van der Waals surface area (Å²) in [4.78, 5) is 0. The first kappa shape index (κ1) is 19.2. The zero-order valence-electron chi connectivity index (χ0n) is 18.8. The van der Waals surface area contributed by atoms with Crippen LogP contribution in [0.4, 0.5) is 0 Å². The SMILES string of the molecule is Cc1ccc2c(c1)c1ccccc1n2CCCCn1c2ccccc2c2cc(C)ccc21. The van der Waals surface area contributed by atoms with Gasteiger partial charge in [-0.2, -0.15) is 0 Å². The van der Waals surface area contributed by atoms with Crippen molar-refractivity contribution in [1.82, 2.24) is 9.13 Å². The Kier molecular flexibility index (Phi) is 4.53. The van der Waals surface area contributed by atoms with E-state index in [4.69, 9.17) is 0 Å². The van der Waals surface area contributed by atoms with Crippen molar-refractivity contribution in [3.05, 3.63) is 96.1 Å². The van der Waals surface area contributed by atoms with Gasteiger partial charge in [0.05, 0.1) is 0 Å². The third-order valence-corrected chi connectivity index (χ3v) is 6.87. The highest BCUT2D eigenvalue weighted by Crippen LogP contribution is 2.32. The molecular formula is C30H28N2. The average Bonchev–Trinajstić information content (AvgIpc) is 3.29. The first-order valence-electron chi connectivity index (χ1n) is 11.7. The summed E-state index contributed by atoms with van der Waals surface area (Å²) in [7, 11) is 0. The van der Waals surface area contributed by atoms with Gasteiger partial charge in [-0.3, -0.25) is 0 Å². The summed E-state index contributed by atoms with van der Waals surface area (Å²) < 4.78 is 5.03. The van der Waals surface area contributed by atoms with Crippen LogP contribution in [0, 0.1) is 13.8 Å². The van der Waals surface area contributed by atoms with Crippen LogP contribution >= 0.6 is 0 Å². The maximum Gasteiger partial charge on any atom is 0.0491 e. The third-order valence-electron chi connectivity index (χ3n) is 6.87. The first-order chi connectivity index (χ1) is 15.7. The van der Waals surface area contributed by atoms with Gasteiger partial charge < -0.3 is 9.13 Å². The molecule has 0 saturated heterocycles. The van der Waals surface area contributed by atoms with Crippen molar-refractivity contribution >= 4 is 43.6 Å². The van der Waals surface area contributed by atoms with Gasteiger partial charge in [-0.25, -0.2) is 0 Å². The Morgan fingerprint density at radius 3 is 1.34 bits per heavy atom. The van der Waals surface area contributed by atoms with Gasteiger partial charge in [0.15, 0.2) is 0 Å². The Balaban J connectivity index is 1.30. The molecular weight excluding hydrogens is 388 g/mol. The van der Waals surface area contributed by atoms with E-state index in [-0.39, 0.29) is 0 Å². The Hall–Kier alpha value is -3.52. The van der Waals surface area contributed by atoms with Crippen molar-refractivity contribution < 1.29 is 0 Å². The molecule has 0 fully saturated rings. The number of rotatable bonds is 5. The van der Waals surface area contributed by atoms with Crippen molar-refractivity contribution in [3.63, 3.8) is 0 Å². The maximum absolute atomic E-state index is 2.51. The number of hydrogen-bond acceptors (Lipinski definition) is 0. The van der Waals surface area contributed by atoms with Crippen molar-refractivity contribution in [2.45, 2.75) is 39.8 Å². The minimum Gasteiger partial charge on any atom is -0.340 e. The molecule has 0 amide bonds. The van der Waals surface area contributed by atoms with Gasteiger partial charge in [-0.05, 0) is 63.1 Å². The standard InChI is InChI=1S/C30H28N2/c1-21-13-15-29-25(19-21)23-9-3-5-11-27(23)31(29)17-7-8-18-32-28-12-6-4-10-24(28)26-20-22(2)14-16-30(26)32/h3-6,9-16,19-20H,7-8,17-18H2,1-2H3. The van der Waals surface area contributed by atoms with E-state index in [1.807, 2.05) is 0 Å². The number of nitrogens with zero attached hydrogens (tertiary/aromatic N) is 2. The van der Waals surface area contributed by atoms with Gasteiger partial charge in [0, 0.05) is 56.7 Å². The van der Waals surface area contributed by atoms with Crippen molar-refractivity contribution in [2.24, 2.45) is 0 Å². The number of para-hydroxylation sites is 2. The third kappa shape index (κ3) is 3.02. The summed E-state index contributed by atoms with van der Waals surface area (Å²) >= 11 is 0. The molecule has 6 aromatic rings. The maximum atomic E-state index is 2.51. The van der Waals surface area contributed by atoms with Crippen LogP contribution in [0.5, 0.6) is 0 Å². The zero-order chi connectivity index (χ0) is 21.7. The highest BCUT2D eigenvalue weighted by atomic mass is 15.0. The number of fused-ring (bicyclic) bond motifs is 6. The summed E-state index contributed by atoms with van der Waals surface area (Å²) in [5.74, 6) is 0. The molecule has 0 unspecified atom stereocenters. The molecule has 0 radical (unpaired) electrons. The number of aromatic nitrogens is 2. The van der Waals surface area contributed by atoms with Crippen LogP contribution in [0.15, 0.2) is 84.9 Å². The predicted molar refractivity (Wildman–Crippen MR) is 138 cm³/mol. The Morgan fingerprint density at radius 1 is 0.469 bits per heavy atom. The monoisotopic (exact) mass is 416 g/mol. The fourth-order valence-electron chi connectivity index (χ4n) is 5.36. The largest absolute Gasteiger partial charge is 0.340 e. The Morgan fingerprint density at radius 2 is 0.875 bits per heavy atom. The van der Waals surface area contributed by atoms with Gasteiger partial charge in [0.25, 0.3) is 0 Å². The van der Waals surface area contributed by atoms with Crippen LogP contribution < -0.4 is 0 Å². The minimum atomic E-state index is 1.04. The van der Waals surface area contributed by atoms with E-state index in [1.165, 1.54) is 54.7 Å². The van der Waals surface area contributed by atoms with Crippen LogP contribution in [0.25, 0.3) is 43.6 Å². The van der Waals surface area contributed by atoms with Crippen LogP contribution in [-0.4, -0.2) is 9.13 Å². The van der Waals surface area contributed by atoms with Gasteiger partial charge in [-0.1, -0.05) is 59.7 Å². The second-order valence-corrected chi connectivity index (χ2v) is 9.09. The van der Waals surface area contributed by atoms with Crippen LogP contribution in [0.1, 0.15) is 24.0 Å². The summed E-state index contributed by atoms with van der Waals surface area (Å²) in [6.07, 6.45) is 2.31. The number of benzene rings is 4. The van der Waals surface area contributed by atoms with Crippen LogP contribution in [-0.2, 0) is 13.1 Å². The number of aryl methyl sites for hydroxylation is 4. The first-order valence-corrected chi connectivity index (χ1v) is 11.7. The lowest BCUT2D eigenvalue weighted by Gasteiger charge is -2.10. The van der Waals surface area contributed by atoms with E-state index in [9.17, 15) is 0 Å². The van der Waals surface area contributed by atoms with Gasteiger partial charge >= 0.3 is 0 Å². The Bertz CT molecular complexity index is 1470. The molecule has 2 heteroatoms. The molecule has 0 aliphatic carbocycles. The van der Waals surface area contributed by atoms with Crippen molar-refractivity contribution in [3.8, 4) is 0 Å². The molecule has 32 heavy (non-hydrogen) atoms. The zero-order valence-corrected chi connectivity index (χ0v) is 18.8. The molecule has 6 rings (SSSR count). The lowest BCUT2D eigenvalue weighted by Crippen LogP contribution is -2.02. The van der Waals surface area contributed by atoms with Crippen molar-refractivity contribution in [1.29, 1.82) is 0 Å². The van der Waals surface area contributed by atoms with Crippen LogP contribution in [0.3, 0.4) is 0 Å². The summed E-state index contributed by atoms with van der Waals surface area (Å²) in [6.45, 7) is 6.45. The topological polar surface area (TPSA) is 9.86 Å². The average molecular weight is 417 g/mol. The molecule has 158 valence electrons. The molecule has 2 aromatic heterocycles. The summed E-state index contributed by atoms with van der Waals surface area (Å²) in [5, 5.41) is 5.48. The van der Waals surface area contributed by atoms with Gasteiger partial charge in [-0.15, -0.1) is 0 Å².